The normalized spacial score (nSPS) is 10.1. The molecule has 4 heteroatoms. The molecule has 0 fully saturated rings. The minimum Gasteiger partial charge on any atom is -0.366 e. The fourth-order valence-corrected chi connectivity index (χ4v) is 1.44. The molecule has 1 heterocycles. The molecule has 0 aliphatic heterocycles. The summed E-state index contributed by atoms with van der Waals surface area (Å²) in [6, 6.07) is 8.11. The molecule has 2 aromatic rings. The van der Waals surface area contributed by atoms with Crippen LogP contribution in [0.25, 0.3) is 10.9 Å². The van der Waals surface area contributed by atoms with Gasteiger partial charge < -0.3 is 15.6 Å². The first kappa shape index (κ1) is 9.02. The number of hydrogen-bond acceptors (Lipinski definition) is 1. The number of thiocarbonyl (C=S) groups is 1. The van der Waals surface area contributed by atoms with Crippen molar-refractivity contribution in [2.45, 2.75) is 0 Å². The van der Waals surface area contributed by atoms with Crippen molar-refractivity contribution in [2.75, 3.05) is 12.4 Å². The van der Waals surface area contributed by atoms with Gasteiger partial charge in [0.05, 0.1) is 0 Å². The van der Waals surface area contributed by atoms with Crippen molar-refractivity contribution < 1.29 is 0 Å². The first-order chi connectivity index (χ1) is 6.79. The molecule has 0 bridgehead atoms. The van der Waals surface area contributed by atoms with E-state index in [4.69, 9.17) is 12.2 Å². The zero-order chi connectivity index (χ0) is 9.97. The number of nitrogens with one attached hydrogen (secondary N) is 3. The molecule has 2 rings (SSSR count). The zero-order valence-electron chi connectivity index (χ0n) is 7.79. The molecule has 0 amide bonds. The maximum Gasteiger partial charge on any atom is 0.170 e. The molecule has 0 aliphatic carbocycles. The van der Waals surface area contributed by atoms with Gasteiger partial charge in [-0.15, -0.1) is 0 Å². The van der Waals surface area contributed by atoms with Gasteiger partial charge >= 0.3 is 0 Å². The molecule has 1 aromatic carbocycles. The van der Waals surface area contributed by atoms with Crippen LogP contribution >= 0.6 is 12.2 Å². The Labute approximate surface area is 87.5 Å². The number of H-pyrrole nitrogens is 1. The Hall–Kier alpha value is -1.55. The van der Waals surface area contributed by atoms with Crippen molar-refractivity contribution in [3.8, 4) is 0 Å². The van der Waals surface area contributed by atoms with Crippen LogP contribution in [0.1, 0.15) is 0 Å². The smallest absolute Gasteiger partial charge is 0.170 e. The highest BCUT2D eigenvalue weighted by Gasteiger charge is 1.97. The minimum atomic E-state index is 0.621. The van der Waals surface area contributed by atoms with E-state index in [0.29, 0.717) is 5.11 Å². The van der Waals surface area contributed by atoms with E-state index in [0.717, 1.165) is 11.2 Å². The van der Waals surface area contributed by atoms with E-state index in [1.54, 1.807) is 7.05 Å². The van der Waals surface area contributed by atoms with E-state index >= 15 is 0 Å². The summed E-state index contributed by atoms with van der Waals surface area (Å²) in [5, 5.41) is 7.76. The molecular formula is C10H11N3S. The van der Waals surface area contributed by atoms with E-state index in [1.165, 1.54) is 5.39 Å². The highest BCUT2D eigenvalue weighted by Crippen LogP contribution is 2.17. The Morgan fingerprint density at radius 3 is 3.00 bits per heavy atom. The Kier molecular flexibility index (Phi) is 2.37. The molecule has 3 nitrogen and oxygen atoms in total. The van der Waals surface area contributed by atoms with Crippen LogP contribution in [0.4, 0.5) is 5.69 Å². The maximum absolute atomic E-state index is 5.01. The van der Waals surface area contributed by atoms with Crippen molar-refractivity contribution >= 4 is 33.9 Å². The Morgan fingerprint density at radius 1 is 1.36 bits per heavy atom. The number of fused-ring (bicyclic) bond motifs is 1. The lowest BCUT2D eigenvalue weighted by Gasteiger charge is -2.06. The first-order valence-electron chi connectivity index (χ1n) is 4.35. The van der Waals surface area contributed by atoms with Crippen LogP contribution < -0.4 is 10.6 Å². The number of aromatic nitrogens is 1. The lowest BCUT2D eigenvalue weighted by Crippen LogP contribution is -2.23. The number of rotatable bonds is 1. The standard InChI is InChI=1S/C10H11N3S/c1-11-10(14)13-8-3-2-7-4-5-12-9(7)6-8/h2-6,12H,1H3,(H2,11,13,14). The zero-order valence-corrected chi connectivity index (χ0v) is 8.61. The second kappa shape index (κ2) is 3.67. The SMILES string of the molecule is CNC(=S)Nc1ccc2cc[nH]c2c1. The predicted octanol–water partition coefficient (Wildman–Crippen LogP) is 2.08. The van der Waals surface area contributed by atoms with Gasteiger partial charge in [-0.3, -0.25) is 0 Å². The van der Waals surface area contributed by atoms with E-state index in [-0.39, 0.29) is 0 Å². The van der Waals surface area contributed by atoms with Gasteiger partial charge in [-0.25, -0.2) is 0 Å². The third-order valence-electron chi connectivity index (χ3n) is 2.04. The third-order valence-corrected chi connectivity index (χ3v) is 2.35. The van der Waals surface area contributed by atoms with E-state index < -0.39 is 0 Å². The average molecular weight is 205 g/mol. The summed E-state index contributed by atoms with van der Waals surface area (Å²) < 4.78 is 0. The van der Waals surface area contributed by atoms with E-state index in [9.17, 15) is 0 Å². The highest BCUT2D eigenvalue weighted by atomic mass is 32.1. The second-order valence-corrected chi connectivity index (χ2v) is 3.39. The molecule has 0 unspecified atom stereocenters. The summed E-state index contributed by atoms with van der Waals surface area (Å²) in [6.45, 7) is 0. The molecule has 0 aliphatic rings. The van der Waals surface area contributed by atoms with E-state index in [1.807, 2.05) is 30.5 Å². The summed E-state index contributed by atoms with van der Waals surface area (Å²) in [5.74, 6) is 0. The van der Waals surface area contributed by atoms with E-state index in [2.05, 4.69) is 15.6 Å². The molecule has 1 aromatic heterocycles. The largest absolute Gasteiger partial charge is 0.366 e. The molecular weight excluding hydrogens is 194 g/mol. The van der Waals surface area contributed by atoms with Crippen molar-refractivity contribution in [3.05, 3.63) is 30.5 Å². The van der Waals surface area contributed by atoms with Gasteiger partial charge in [-0.2, -0.15) is 0 Å². The van der Waals surface area contributed by atoms with Crippen LogP contribution in [0.5, 0.6) is 0 Å². The van der Waals surface area contributed by atoms with Gasteiger partial charge in [-0.05, 0) is 35.8 Å². The van der Waals surface area contributed by atoms with Crippen molar-refractivity contribution in [2.24, 2.45) is 0 Å². The van der Waals surface area contributed by atoms with Crippen LogP contribution in [0, 0.1) is 0 Å². The fourth-order valence-electron chi connectivity index (χ4n) is 1.32. The highest BCUT2D eigenvalue weighted by molar-refractivity contribution is 7.80. The molecule has 0 radical (unpaired) electrons. The number of anilines is 1. The fraction of sp³-hybridized carbons (Fsp3) is 0.100. The van der Waals surface area contributed by atoms with Crippen molar-refractivity contribution in [1.29, 1.82) is 0 Å². The molecule has 72 valence electrons. The molecule has 0 saturated carbocycles. The molecule has 3 N–H and O–H groups in total. The quantitative estimate of drug-likeness (QED) is 0.624. The number of aromatic amines is 1. The molecule has 0 atom stereocenters. The summed E-state index contributed by atoms with van der Waals surface area (Å²) in [4.78, 5) is 3.15. The van der Waals surface area contributed by atoms with Gasteiger partial charge in [0.25, 0.3) is 0 Å². The molecule has 0 saturated heterocycles. The summed E-state index contributed by atoms with van der Waals surface area (Å²) in [7, 11) is 1.79. The summed E-state index contributed by atoms with van der Waals surface area (Å²) in [5.41, 5.74) is 2.09. The van der Waals surface area contributed by atoms with Crippen LogP contribution in [0.3, 0.4) is 0 Å². The van der Waals surface area contributed by atoms with Crippen LogP contribution in [0.15, 0.2) is 30.5 Å². The predicted molar refractivity (Wildman–Crippen MR) is 63.6 cm³/mol. The van der Waals surface area contributed by atoms with Gasteiger partial charge in [0.2, 0.25) is 0 Å². The molecule has 0 spiro atoms. The van der Waals surface area contributed by atoms with Crippen LogP contribution in [-0.2, 0) is 0 Å². The lowest BCUT2D eigenvalue weighted by molar-refractivity contribution is 1.20. The first-order valence-corrected chi connectivity index (χ1v) is 4.76. The molecule has 14 heavy (non-hydrogen) atoms. The van der Waals surface area contributed by atoms with Gasteiger partial charge in [0, 0.05) is 24.4 Å². The Balaban J connectivity index is 2.30. The monoisotopic (exact) mass is 205 g/mol. The Bertz CT molecular complexity index is 461. The number of hydrogen-bond donors (Lipinski definition) is 3. The minimum absolute atomic E-state index is 0.621. The lowest BCUT2D eigenvalue weighted by atomic mass is 10.2. The summed E-state index contributed by atoms with van der Waals surface area (Å²) >= 11 is 5.01. The Morgan fingerprint density at radius 2 is 2.21 bits per heavy atom. The summed E-state index contributed by atoms with van der Waals surface area (Å²) in [6.07, 6.45) is 1.92. The maximum atomic E-state index is 5.01. The number of benzene rings is 1. The van der Waals surface area contributed by atoms with Crippen molar-refractivity contribution in [3.63, 3.8) is 0 Å². The van der Waals surface area contributed by atoms with Gasteiger partial charge in [0.1, 0.15) is 0 Å². The van der Waals surface area contributed by atoms with Gasteiger partial charge in [-0.1, -0.05) is 6.07 Å². The van der Waals surface area contributed by atoms with Crippen LogP contribution in [0.2, 0.25) is 0 Å². The topological polar surface area (TPSA) is 39.8 Å². The second-order valence-electron chi connectivity index (χ2n) is 2.98. The average Bonchev–Trinajstić information content (AvgIpc) is 2.64. The van der Waals surface area contributed by atoms with Gasteiger partial charge in [0.15, 0.2) is 5.11 Å². The van der Waals surface area contributed by atoms with Crippen LogP contribution in [-0.4, -0.2) is 17.1 Å². The van der Waals surface area contributed by atoms with Crippen molar-refractivity contribution in [1.82, 2.24) is 10.3 Å². The third kappa shape index (κ3) is 1.70.